The van der Waals surface area contributed by atoms with E-state index in [1.807, 2.05) is 6.92 Å². The van der Waals surface area contributed by atoms with E-state index in [1.165, 1.54) is 16.7 Å². The molecule has 1 aliphatic heterocycles. The summed E-state index contributed by atoms with van der Waals surface area (Å²) in [6, 6.07) is 4.37. The first kappa shape index (κ1) is 17.8. The molecule has 1 aliphatic rings. The van der Waals surface area contributed by atoms with E-state index in [0.29, 0.717) is 13.2 Å². The molecule has 1 saturated heterocycles. The molecule has 1 fully saturated rings. The van der Waals surface area contributed by atoms with Crippen molar-refractivity contribution in [2.45, 2.75) is 27.3 Å². The summed E-state index contributed by atoms with van der Waals surface area (Å²) in [5.74, 6) is 0.834. The van der Waals surface area contributed by atoms with E-state index in [1.54, 1.807) is 7.11 Å². The van der Waals surface area contributed by atoms with Crippen LogP contribution in [0.5, 0.6) is 5.75 Å². The summed E-state index contributed by atoms with van der Waals surface area (Å²) in [6.07, 6.45) is 0. The predicted octanol–water partition coefficient (Wildman–Crippen LogP) is 1.99. The number of benzene rings is 1. The Morgan fingerprint density at radius 1 is 1.13 bits per heavy atom. The smallest absolute Gasteiger partial charge is 0.320 e. The largest absolute Gasteiger partial charge is 0.496 e. The van der Waals surface area contributed by atoms with Crippen LogP contribution in [-0.2, 0) is 16.1 Å². The molecule has 1 aromatic rings. The molecule has 5 nitrogen and oxygen atoms in total. The molecule has 0 aliphatic carbocycles. The number of nitrogens with zero attached hydrogens (tertiary/aromatic N) is 2. The fraction of sp³-hybridized carbons (Fsp3) is 0.611. The molecule has 23 heavy (non-hydrogen) atoms. The maximum atomic E-state index is 11.5. The molecule has 0 saturated carbocycles. The van der Waals surface area contributed by atoms with Crippen LogP contribution in [0.15, 0.2) is 12.1 Å². The summed E-state index contributed by atoms with van der Waals surface area (Å²) in [4.78, 5) is 16.1. The molecule has 1 heterocycles. The third-order valence-electron chi connectivity index (χ3n) is 4.43. The third-order valence-corrected chi connectivity index (χ3v) is 4.43. The molecular formula is C18H28N2O3. The molecule has 0 N–H and O–H groups in total. The van der Waals surface area contributed by atoms with E-state index in [-0.39, 0.29) is 5.97 Å². The van der Waals surface area contributed by atoms with E-state index in [9.17, 15) is 4.79 Å². The number of hydrogen-bond acceptors (Lipinski definition) is 5. The van der Waals surface area contributed by atoms with E-state index >= 15 is 0 Å². The number of piperazine rings is 1. The lowest BCUT2D eigenvalue weighted by Crippen LogP contribution is -2.47. The Morgan fingerprint density at radius 2 is 1.78 bits per heavy atom. The molecule has 1 aromatic carbocycles. The molecule has 0 radical (unpaired) electrons. The van der Waals surface area contributed by atoms with E-state index in [2.05, 4.69) is 35.8 Å². The van der Waals surface area contributed by atoms with E-state index in [4.69, 9.17) is 9.47 Å². The van der Waals surface area contributed by atoms with Crippen LogP contribution in [0, 0.1) is 13.8 Å². The second-order valence-electron chi connectivity index (χ2n) is 6.10. The van der Waals surface area contributed by atoms with Gasteiger partial charge in [0.1, 0.15) is 5.75 Å². The van der Waals surface area contributed by atoms with Gasteiger partial charge in [-0.25, -0.2) is 0 Å². The monoisotopic (exact) mass is 320 g/mol. The standard InChI is InChI=1S/C18H28N2O3/c1-5-23-18(21)13-20-8-6-19(7-9-20)12-16-10-14(2)15(3)17(11-16)22-4/h10-11H,5-9,12-13H2,1-4H3. The zero-order chi connectivity index (χ0) is 16.8. The van der Waals surface area contributed by atoms with Crippen LogP contribution in [-0.4, -0.2) is 62.2 Å². The Balaban J connectivity index is 1.87. The van der Waals surface area contributed by atoms with E-state index in [0.717, 1.165) is 38.5 Å². The van der Waals surface area contributed by atoms with Crippen LogP contribution in [0.2, 0.25) is 0 Å². The molecule has 2 rings (SSSR count). The lowest BCUT2D eigenvalue weighted by Gasteiger charge is -2.34. The second kappa shape index (κ2) is 8.31. The zero-order valence-corrected chi connectivity index (χ0v) is 14.7. The molecule has 5 heteroatoms. The summed E-state index contributed by atoms with van der Waals surface area (Å²) >= 11 is 0. The topological polar surface area (TPSA) is 42.0 Å². The quantitative estimate of drug-likeness (QED) is 0.750. The molecule has 0 amide bonds. The molecule has 0 unspecified atom stereocenters. The normalized spacial score (nSPS) is 16.3. The van der Waals surface area contributed by atoms with Gasteiger partial charge < -0.3 is 9.47 Å². The van der Waals surface area contributed by atoms with Gasteiger partial charge in [-0.1, -0.05) is 6.07 Å². The second-order valence-corrected chi connectivity index (χ2v) is 6.10. The van der Waals surface area contributed by atoms with Gasteiger partial charge in [-0.2, -0.15) is 0 Å². The minimum absolute atomic E-state index is 0.125. The Morgan fingerprint density at radius 3 is 2.39 bits per heavy atom. The van der Waals surface area contributed by atoms with Crippen molar-refractivity contribution in [3.8, 4) is 5.75 Å². The highest BCUT2D eigenvalue weighted by Crippen LogP contribution is 2.24. The van der Waals surface area contributed by atoms with Crippen LogP contribution in [0.4, 0.5) is 0 Å². The van der Waals surface area contributed by atoms with Crippen LogP contribution < -0.4 is 4.74 Å². The van der Waals surface area contributed by atoms with Gasteiger partial charge in [0, 0.05) is 32.7 Å². The van der Waals surface area contributed by atoms with Gasteiger partial charge >= 0.3 is 5.97 Å². The highest BCUT2D eigenvalue weighted by Gasteiger charge is 2.19. The molecule has 0 atom stereocenters. The van der Waals surface area contributed by atoms with Crippen LogP contribution >= 0.6 is 0 Å². The number of hydrogen-bond donors (Lipinski definition) is 0. The Kier molecular flexibility index (Phi) is 6.42. The number of aryl methyl sites for hydroxylation is 1. The Hall–Kier alpha value is -1.59. The van der Waals surface area contributed by atoms with Gasteiger partial charge in [0.2, 0.25) is 0 Å². The number of carbonyl (C=O) groups excluding carboxylic acids is 1. The highest BCUT2D eigenvalue weighted by atomic mass is 16.5. The lowest BCUT2D eigenvalue weighted by molar-refractivity contribution is -0.144. The first-order valence-electron chi connectivity index (χ1n) is 8.28. The van der Waals surface area contributed by atoms with Gasteiger partial charge in [0.15, 0.2) is 0 Å². The van der Waals surface area contributed by atoms with Crippen molar-refractivity contribution in [3.05, 3.63) is 28.8 Å². The number of rotatable bonds is 6. The first-order valence-corrected chi connectivity index (χ1v) is 8.28. The van der Waals surface area contributed by atoms with Crippen molar-refractivity contribution in [2.24, 2.45) is 0 Å². The zero-order valence-electron chi connectivity index (χ0n) is 14.7. The Bertz CT molecular complexity index is 537. The summed E-state index contributed by atoms with van der Waals surface area (Å²) < 4.78 is 10.5. The van der Waals surface area contributed by atoms with E-state index < -0.39 is 0 Å². The fourth-order valence-corrected chi connectivity index (χ4v) is 2.96. The molecular weight excluding hydrogens is 292 g/mol. The number of ether oxygens (including phenoxy) is 2. The average molecular weight is 320 g/mol. The van der Waals surface area contributed by atoms with Gasteiger partial charge in [-0.3, -0.25) is 14.6 Å². The molecule has 0 spiro atoms. The van der Waals surface area contributed by atoms with Crippen LogP contribution in [0.1, 0.15) is 23.6 Å². The number of esters is 1. The highest BCUT2D eigenvalue weighted by molar-refractivity contribution is 5.71. The summed E-state index contributed by atoms with van der Waals surface area (Å²) in [6.45, 7) is 11.6. The molecule has 0 bridgehead atoms. The predicted molar refractivity (Wildman–Crippen MR) is 90.8 cm³/mol. The summed E-state index contributed by atoms with van der Waals surface area (Å²) in [7, 11) is 1.72. The van der Waals surface area contributed by atoms with Crippen molar-refractivity contribution < 1.29 is 14.3 Å². The van der Waals surface area contributed by atoms with Crippen molar-refractivity contribution in [1.82, 2.24) is 9.80 Å². The van der Waals surface area contributed by atoms with Crippen LogP contribution in [0.3, 0.4) is 0 Å². The van der Waals surface area contributed by atoms with Crippen molar-refractivity contribution in [1.29, 1.82) is 0 Å². The average Bonchev–Trinajstić information content (AvgIpc) is 2.53. The molecule has 128 valence electrons. The van der Waals surface area contributed by atoms with Crippen molar-refractivity contribution in [2.75, 3.05) is 46.4 Å². The number of carbonyl (C=O) groups is 1. The summed E-state index contributed by atoms with van der Waals surface area (Å²) in [5.41, 5.74) is 3.75. The first-order chi connectivity index (χ1) is 11.0. The Labute approximate surface area is 139 Å². The minimum atomic E-state index is -0.125. The van der Waals surface area contributed by atoms with Crippen LogP contribution in [0.25, 0.3) is 0 Å². The SMILES string of the molecule is CCOC(=O)CN1CCN(Cc2cc(C)c(C)c(OC)c2)CC1. The number of methoxy groups -OCH3 is 1. The van der Waals surface area contributed by atoms with Gasteiger partial charge in [0.05, 0.1) is 20.3 Å². The van der Waals surface area contributed by atoms with Gasteiger partial charge in [-0.15, -0.1) is 0 Å². The lowest BCUT2D eigenvalue weighted by atomic mass is 10.0. The van der Waals surface area contributed by atoms with Crippen molar-refractivity contribution >= 4 is 5.97 Å². The maximum absolute atomic E-state index is 11.5. The maximum Gasteiger partial charge on any atom is 0.320 e. The minimum Gasteiger partial charge on any atom is -0.496 e. The van der Waals surface area contributed by atoms with Gasteiger partial charge in [0.25, 0.3) is 0 Å². The van der Waals surface area contributed by atoms with Crippen molar-refractivity contribution in [3.63, 3.8) is 0 Å². The van der Waals surface area contributed by atoms with Gasteiger partial charge in [-0.05, 0) is 43.5 Å². The fourth-order valence-electron chi connectivity index (χ4n) is 2.96. The third kappa shape index (κ3) is 4.94. The summed E-state index contributed by atoms with van der Waals surface area (Å²) in [5, 5.41) is 0. The molecule has 0 aromatic heterocycles.